The van der Waals surface area contributed by atoms with E-state index >= 15 is 0 Å². The molecule has 0 aliphatic heterocycles. The molecule has 0 saturated heterocycles. The predicted molar refractivity (Wildman–Crippen MR) is 124 cm³/mol. The summed E-state index contributed by atoms with van der Waals surface area (Å²) in [6, 6.07) is 4.56. The van der Waals surface area contributed by atoms with E-state index in [4.69, 9.17) is 9.47 Å². The minimum Gasteiger partial charge on any atom is -0.469 e. The van der Waals surface area contributed by atoms with Crippen molar-refractivity contribution in [2.75, 3.05) is 14.2 Å². The monoisotopic (exact) mass is 466 g/mol. The topological polar surface area (TPSA) is 86.7 Å². The summed E-state index contributed by atoms with van der Waals surface area (Å²) in [5.74, 6) is -0.393. The van der Waals surface area contributed by atoms with Crippen molar-refractivity contribution in [1.82, 2.24) is 0 Å². The Morgan fingerprint density at radius 3 is 1.79 bits per heavy atom. The van der Waals surface area contributed by atoms with Crippen molar-refractivity contribution >= 4 is 24.5 Å². The fourth-order valence-corrected chi connectivity index (χ4v) is 8.52. The SMILES string of the molecule is COC(=O)C1C2CC(c3cc(C)c(C4CC5CC4C(C(=O)OC)C5C=O)cc3C)C(C2)C1C=O. The van der Waals surface area contributed by atoms with Crippen molar-refractivity contribution in [3.8, 4) is 0 Å². The van der Waals surface area contributed by atoms with Crippen LogP contribution in [-0.4, -0.2) is 38.7 Å². The van der Waals surface area contributed by atoms with Crippen molar-refractivity contribution in [2.45, 2.75) is 51.4 Å². The molecule has 0 N–H and O–H groups in total. The summed E-state index contributed by atoms with van der Waals surface area (Å²) in [5, 5.41) is 0. The first-order valence-electron chi connectivity index (χ1n) is 12.5. The maximum Gasteiger partial charge on any atom is 0.309 e. The highest BCUT2D eigenvalue weighted by Crippen LogP contribution is 2.61. The van der Waals surface area contributed by atoms with Crippen LogP contribution in [-0.2, 0) is 28.7 Å². The van der Waals surface area contributed by atoms with E-state index in [1.165, 1.54) is 36.5 Å². The van der Waals surface area contributed by atoms with Gasteiger partial charge < -0.3 is 19.1 Å². The summed E-state index contributed by atoms with van der Waals surface area (Å²) in [6.45, 7) is 4.27. The number of benzene rings is 1. The number of rotatable bonds is 6. The van der Waals surface area contributed by atoms with E-state index in [2.05, 4.69) is 26.0 Å². The maximum absolute atomic E-state index is 12.5. The third-order valence-corrected chi connectivity index (χ3v) is 9.85. The summed E-state index contributed by atoms with van der Waals surface area (Å²) in [4.78, 5) is 48.5. The summed E-state index contributed by atoms with van der Waals surface area (Å²) < 4.78 is 10.1. The molecule has 4 fully saturated rings. The second-order valence-corrected chi connectivity index (χ2v) is 11.1. The number of ether oxygens (including phenoxy) is 2. The Morgan fingerprint density at radius 1 is 0.735 bits per heavy atom. The van der Waals surface area contributed by atoms with Crippen LogP contribution in [0, 0.1) is 61.2 Å². The zero-order valence-electron chi connectivity index (χ0n) is 20.4. The van der Waals surface area contributed by atoms with Gasteiger partial charge in [0.1, 0.15) is 12.6 Å². The Balaban J connectivity index is 1.42. The Labute approximate surface area is 200 Å². The van der Waals surface area contributed by atoms with Gasteiger partial charge in [-0.3, -0.25) is 9.59 Å². The average Bonchev–Trinajstić information content (AvgIpc) is 3.61. The highest BCUT2D eigenvalue weighted by molar-refractivity contribution is 5.79. The third kappa shape index (κ3) is 3.28. The number of methoxy groups -OCH3 is 2. The summed E-state index contributed by atoms with van der Waals surface area (Å²) in [5.41, 5.74) is 4.97. The standard InChI is InChI=1S/C28H34O6/c1-13-6-18(20-7-15-8-22(20)26(23(15)11-29)28(32)34-4)14(2)5-17(13)19-9-16-10-21(19)24(12-30)25(16)27(31)33-3/h5-6,11-12,15-16,19-26H,7-10H2,1-4H3. The second kappa shape index (κ2) is 8.62. The molecule has 6 heteroatoms. The van der Waals surface area contributed by atoms with Gasteiger partial charge in [0.05, 0.1) is 26.1 Å². The van der Waals surface area contributed by atoms with Gasteiger partial charge >= 0.3 is 11.9 Å². The van der Waals surface area contributed by atoms with Crippen molar-refractivity contribution in [3.05, 3.63) is 34.4 Å². The molecule has 4 aliphatic rings. The van der Waals surface area contributed by atoms with Gasteiger partial charge in [0.2, 0.25) is 0 Å². The molecule has 4 saturated carbocycles. The molecule has 4 aliphatic carbocycles. The maximum atomic E-state index is 12.5. The number of carbonyl (C=O) groups is 4. The van der Waals surface area contributed by atoms with E-state index in [1.807, 2.05) is 0 Å². The van der Waals surface area contributed by atoms with E-state index in [-0.39, 0.29) is 71.1 Å². The molecule has 10 atom stereocenters. The fourth-order valence-electron chi connectivity index (χ4n) is 8.52. The molecule has 0 spiro atoms. The molecule has 4 bridgehead atoms. The third-order valence-electron chi connectivity index (χ3n) is 9.85. The molecule has 0 amide bonds. The molecule has 0 heterocycles. The molecule has 0 radical (unpaired) electrons. The first-order valence-corrected chi connectivity index (χ1v) is 12.5. The van der Waals surface area contributed by atoms with Crippen LogP contribution in [0.3, 0.4) is 0 Å². The zero-order chi connectivity index (χ0) is 24.3. The highest BCUT2D eigenvalue weighted by atomic mass is 16.5. The summed E-state index contributed by atoms with van der Waals surface area (Å²) in [7, 11) is 2.81. The minimum atomic E-state index is -0.347. The Bertz CT molecular complexity index is 1030. The molecular formula is C28H34O6. The lowest BCUT2D eigenvalue weighted by molar-refractivity contribution is -0.151. The summed E-state index contributed by atoms with van der Waals surface area (Å²) in [6.07, 6.45) is 5.58. The van der Waals surface area contributed by atoms with Crippen molar-refractivity contribution in [3.63, 3.8) is 0 Å². The van der Waals surface area contributed by atoms with Gasteiger partial charge in [-0.2, -0.15) is 0 Å². The van der Waals surface area contributed by atoms with Gasteiger partial charge in [-0.05, 0) is 97.3 Å². The van der Waals surface area contributed by atoms with Crippen LogP contribution in [0.25, 0.3) is 0 Å². The minimum absolute atomic E-state index is 0.138. The molecule has 6 nitrogen and oxygen atoms in total. The lowest BCUT2D eigenvalue weighted by Crippen LogP contribution is -2.35. The van der Waals surface area contributed by atoms with E-state index in [1.54, 1.807) is 0 Å². The lowest BCUT2D eigenvalue weighted by Gasteiger charge is -2.35. The fraction of sp³-hybridized carbons (Fsp3) is 0.643. The Hall–Kier alpha value is -2.50. The normalized spacial score (nSPS) is 39.8. The number of aldehydes is 2. The first kappa shape index (κ1) is 23.3. The Morgan fingerprint density at radius 2 is 1.24 bits per heavy atom. The molecule has 34 heavy (non-hydrogen) atoms. The molecule has 182 valence electrons. The van der Waals surface area contributed by atoms with E-state index in [0.717, 1.165) is 38.3 Å². The zero-order valence-corrected chi connectivity index (χ0v) is 20.4. The van der Waals surface area contributed by atoms with Crippen LogP contribution in [0.4, 0.5) is 0 Å². The van der Waals surface area contributed by atoms with Gasteiger partial charge in [-0.25, -0.2) is 0 Å². The van der Waals surface area contributed by atoms with Crippen molar-refractivity contribution < 1.29 is 28.7 Å². The molecule has 0 aromatic heterocycles. The molecule has 10 unspecified atom stereocenters. The average molecular weight is 467 g/mol. The number of aryl methyl sites for hydroxylation is 2. The van der Waals surface area contributed by atoms with E-state index in [9.17, 15) is 19.2 Å². The smallest absolute Gasteiger partial charge is 0.309 e. The van der Waals surface area contributed by atoms with Crippen LogP contribution in [0.15, 0.2) is 12.1 Å². The van der Waals surface area contributed by atoms with Crippen molar-refractivity contribution in [2.24, 2.45) is 47.3 Å². The van der Waals surface area contributed by atoms with Gasteiger partial charge in [-0.1, -0.05) is 12.1 Å². The molecule has 1 aromatic rings. The number of hydrogen-bond acceptors (Lipinski definition) is 6. The number of hydrogen-bond donors (Lipinski definition) is 0. The van der Waals surface area contributed by atoms with E-state index in [0.29, 0.717) is 0 Å². The van der Waals surface area contributed by atoms with Crippen LogP contribution in [0.5, 0.6) is 0 Å². The molecular weight excluding hydrogens is 432 g/mol. The van der Waals surface area contributed by atoms with Gasteiger partial charge in [-0.15, -0.1) is 0 Å². The van der Waals surface area contributed by atoms with Crippen molar-refractivity contribution in [1.29, 1.82) is 0 Å². The van der Waals surface area contributed by atoms with Crippen LogP contribution in [0.2, 0.25) is 0 Å². The predicted octanol–water partition coefficient (Wildman–Crippen LogP) is 3.76. The Kier molecular flexibility index (Phi) is 5.89. The second-order valence-electron chi connectivity index (χ2n) is 11.1. The molecule has 5 rings (SSSR count). The highest BCUT2D eigenvalue weighted by Gasteiger charge is 2.57. The number of carbonyl (C=O) groups excluding carboxylic acids is 4. The number of esters is 2. The quantitative estimate of drug-likeness (QED) is 0.469. The lowest BCUT2D eigenvalue weighted by atomic mass is 9.69. The first-order chi connectivity index (χ1) is 16.3. The van der Waals surface area contributed by atoms with Gasteiger partial charge in [0, 0.05) is 11.8 Å². The van der Waals surface area contributed by atoms with Gasteiger partial charge in [0.15, 0.2) is 0 Å². The molecule has 1 aromatic carbocycles. The van der Waals surface area contributed by atoms with Crippen LogP contribution in [0.1, 0.15) is 59.8 Å². The summed E-state index contributed by atoms with van der Waals surface area (Å²) >= 11 is 0. The van der Waals surface area contributed by atoms with Gasteiger partial charge in [0.25, 0.3) is 0 Å². The largest absolute Gasteiger partial charge is 0.469 e. The van der Waals surface area contributed by atoms with Crippen LogP contribution >= 0.6 is 0 Å². The van der Waals surface area contributed by atoms with Crippen LogP contribution < -0.4 is 0 Å². The van der Waals surface area contributed by atoms with E-state index < -0.39 is 0 Å². The number of fused-ring (bicyclic) bond motifs is 4.